The van der Waals surface area contributed by atoms with E-state index in [0.29, 0.717) is 34.5 Å². The minimum atomic E-state index is -0.666. The molecular weight excluding hydrogens is 352 g/mol. The van der Waals surface area contributed by atoms with Crippen molar-refractivity contribution in [3.05, 3.63) is 70.5 Å². The Morgan fingerprint density at radius 3 is 2.46 bits per heavy atom. The highest BCUT2D eigenvalue weighted by molar-refractivity contribution is 5.92. The summed E-state index contributed by atoms with van der Waals surface area (Å²) < 4.78 is 0. The first-order chi connectivity index (χ1) is 13.3. The number of benzene rings is 1. The molecule has 140 valence electrons. The summed E-state index contributed by atoms with van der Waals surface area (Å²) in [6.45, 7) is 3.71. The largest absolute Gasteiger partial charge is 0.508 e. The van der Waals surface area contributed by atoms with Gasteiger partial charge in [0.25, 0.3) is 0 Å². The number of allylic oxidation sites excluding steroid dienone is 6. The van der Waals surface area contributed by atoms with Gasteiger partial charge >= 0.3 is 0 Å². The van der Waals surface area contributed by atoms with Crippen LogP contribution in [0.15, 0.2) is 64.9 Å². The molecule has 0 aromatic heterocycles. The molecule has 0 saturated carbocycles. The lowest BCUT2D eigenvalue weighted by Crippen LogP contribution is -2.37. The van der Waals surface area contributed by atoms with Gasteiger partial charge in [0.1, 0.15) is 5.75 Å². The van der Waals surface area contributed by atoms with Crippen molar-refractivity contribution in [3.8, 4) is 17.9 Å². The van der Waals surface area contributed by atoms with E-state index in [9.17, 15) is 20.4 Å². The summed E-state index contributed by atoms with van der Waals surface area (Å²) in [6.07, 6.45) is 5.68. The van der Waals surface area contributed by atoms with Crippen LogP contribution in [0.2, 0.25) is 0 Å². The van der Waals surface area contributed by atoms with Gasteiger partial charge in [-0.15, -0.1) is 0 Å². The van der Waals surface area contributed by atoms with Crippen molar-refractivity contribution < 1.29 is 9.90 Å². The molecule has 3 rings (SSSR count). The molecule has 2 unspecified atom stereocenters. The molecule has 0 radical (unpaired) electrons. The molecule has 28 heavy (non-hydrogen) atoms. The number of phenols is 1. The molecule has 0 bridgehead atoms. The van der Waals surface area contributed by atoms with E-state index in [1.54, 1.807) is 43.3 Å². The summed E-state index contributed by atoms with van der Waals surface area (Å²) in [5.41, 5.74) is 8.11. The minimum absolute atomic E-state index is 0.124. The number of nitriles is 2. The molecule has 0 fully saturated rings. The number of nitrogens with zero attached hydrogens (tertiary/aromatic N) is 2. The van der Waals surface area contributed by atoms with Crippen molar-refractivity contribution >= 4 is 11.6 Å². The predicted octanol–water partition coefficient (Wildman–Crippen LogP) is 3.02. The van der Waals surface area contributed by atoms with Crippen LogP contribution in [0.25, 0.3) is 5.70 Å². The van der Waals surface area contributed by atoms with Crippen molar-refractivity contribution in [2.75, 3.05) is 0 Å². The molecule has 1 aliphatic carbocycles. The molecule has 0 saturated heterocycles. The number of primary amides is 1. The summed E-state index contributed by atoms with van der Waals surface area (Å²) in [5, 5.41) is 32.6. The smallest absolute Gasteiger partial charge is 0.244 e. The zero-order valence-corrected chi connectivity index (χ0v) is 15.7. The molecule has 2 atom stereocenters. The highest BCUT2D eigenvalue weighted by Crippen LogP contribution is 2.49. The van der Waals surface area contributed by atoms with Gasteiger partial charge in [0.15, 0.2) is 0 Å². The van der Waals surface area contributed by atoms with E-state index in [2.05, 4.69) is 17.5 Å². The Hall–Kier alpha value is -3.77. The Bertz CT molecular complexity index is 1050. The standard InChI is InChI=1S/C22H20N4O2/c1-13-17(11-23)19(22(2)9-3-4-15(10-22)21(25)28)18(12-24)20(26-13)14-5-7-16(27)8-6-14/h3-9,19,26-27H,10H2,1-2H3,(H2,25,28). The van der Waals surface area contributed by atoms with Crippen molar-refractivity contribution in [3.63, 3.8) is 0 Å². The topological polar surface area (TPSA) is 123 Å². The summed E-state index contributed by atoms with van der Waals surface area (Å²) in [6, 6.07) is 11.0. The van der Waals surface area contributed by atoms with Crippen LogP contribution in [0.4, 0.5) is 0 Å². The van der Waals surface area contributed by atoms with Gasteiger partial charge in [-0.25, -0.2) is 0 Å². The van der Waals surface area contributed by atoms with Crippen LogP contribution in [0, 0.1) is 34.0 Å². The fourth-order valence-corrected chi connectivity index (χ4v) is 3.89. The third kappa shape index (κ3) is 3.17. The minimum Gasteiger partial charge on any atom is -0.508 e. The second kappa shape index (κ2) is 7.09. The van der Waals surface area contributed by atoms with Crippen molar-refractivity contribution in [1.82, 2.24) is 5.32 Å². The molecule has 0 spiro atoms. The van der Waals surface area contributed by atoms with Crippen LogP contribution < -0.4 is 11.1 Å². The van der Waals surface area contributed by atoms with E-state index in [1.165, 1.54) is 0 Å². The van der Waals surface area contributed by atoms with Gasteiger partial charge in [-0.3, -0.25) is 4.79 Å². The maximum Gasteiger partial charge on any atom is 0.244 e. The molecule has 1 amide bonds. The molecule has 2 aliphatic rings. The normalized spacial score (nSPS) is 24.1. The Labute approximate surface area is 163 Å². The van der Waals surface area contributed by atoms with E-state index in [4.69, 9.17) is 5.73 Å². The molecule has 1 aromatic rings. The van der Waals surface area contributed by atoms with E-state index in [0.717, 1.165) is 5.56 Å². The number of nitrogens with two attached hydrogens (primary N) is 1. The Morgan fingerprint density at radius 2 is 1.89 bits per heavy atom. The average molecular weight is 372 g/mol. The fraction of sp³-hybridized carbons (Fsp3) is 0.227. The lowest BCUT2D eigenvalue weighted by molar-refractivity contribution is -0.114. The molecule has 1 aromatic carbocycles. The zero-order chi connectivity index (χ0) is 20.5. The molecule has 6 heteroatoms. The lowest BCUT2D eigenvalue weighted by Gasteiger charge is -2.40. The number of phenolic OH excluding ortho intramolecular Hbond substituents is 1. The Morgan fingerprint density at radius 1 is 1.25 bits per heavy atom. The summed E-state index contributed by atoms with van der Waals surface area (Å²) in [5.74, 6) is -0.921. The maximum atomic E-state index is 11.7. The number of hydrogen-bond acceptors (Lipinski definition) is 5. The van der Waals surface area contributed by atoms with Gasteiger partial charge in [-0.2, -0.15) is 10.5 Å². The first-order valence-corrected chi connectivity index (χ1v) is 8.80. The van der Waals surface area contributed by atoms with Gasteiger partial charge in [0.2, 0.25) is 5.91 Å². The monoisotopic (exact) mass is 372 g/mol. The van der Waals surface area contributed by atoms with Gasteiger partial charge < -0.3 is 16.2 Å². The molecule has 4 N–H and O–H groups in total. The quantitative estimate of drug-likeness (QED) is 0.752. The Kier molecular flexibility index (Phi) is 4.81. The fourth-order valence-electron chi connectivity index (χ4n) is 3.89. The highest BCUT2D eigenvalue weighted by Gasteiger charge is 2.43. The number of nitrogens with one attached hydrogen (secondary N) is 1. The third-order valence-electron chi connectivity index (χ3n) is 5.28. The number of carbonyl (C=O) groups excluding carboxylic acids is 1. The molecule has 6 nitrogen and oxygen atoms in total. The number of dihydropyridines is 1. The summed E-state index contributed by atoms with van der Waals surface area (Å²) in [4.78, 5) is 11.7. The van der Waals surface area contributed by atoms with Crippen LogP contribution in [-0.4, -0.2) is 11.0 Å². The highest BCUT2D eigenvalue weighted by atomic mass is 16.3. The van der Waals surface area contributed by atoms with Gasteiger partial charge in [0, 0.05) is 22.6 Å². The van der Waals surface area contributed by atoms with Crippen molar-refractivity contribution in [2.45, 2.75) is 20.3 Å². The summed E-state index contributed by atoms with van der Waals surface area (Å²) >= 11 is 0. The van der Waals surface area contributed by atoms with Gasteiger partial charge in [0.05, 0.1) is 29.0 Å². The number of amides is 1. The van der Waals surface area contributed by atoms with Gasteiger partial charge in [-0.1, -0.05) is 25.2 Å². The van der Waals surface area contributed by atoms with E-state index >= 15 is 0 Å². The SMILES string of the molecule is CC1=C(C#N)C(C2(C)C=CC=C(C(N)=O)C2)C(C#N)=C(c2ccc(O)cc2)N1. The van der Waals surface area contributed by atoms with Crippen molar-refractivity contribution in [1.29, 1.82) is 10.5 Å². The van der Waals surface area contributed by atoms with Gasteiger partial charge in [-0.05, 0) is 43.2 Å². The van der Waals surface area contributed by atoms with E-state index in [-0.39, 0.29) is 5.75 Å². The number of carbonyl (C=O) groups is 1. The van der Waals surface area contributed by atoms with Crippen LogP contribution in [-0.2, 0) is 4.79 Å². The second-order valence-electron chi connectivity index (χ2n) is 7.25. The van der Waals surface area contributed by atoms with Crippen LogP contribution >= 0.6 is 0 Å². The maximum absolute atomic E-state index is 11.7. The summed E-state index contributed by atoms with van der Waals surface area (Å²) in [7, 11) is 0. The lowest BCUT2D eigenvalue weighted by atomic mass is 9.63. The van der Waals surface area contributed by atoms with E-state index < -0.39 is 17.2 Å². The Balaban J connectivity index is 2.19. The first kappa shape index (κ1) is 19.0. The zero-order valence-electron chi connectivity index (χ0n) is 15.7. The van der Waals surface area contributed by atoms with Crippen LogP contribution in [0.3, 0.4) is 0 Å². The van der Waals surface area contributed by atoms with Crippen LogP contribution in [0.1, 0.15) is 25.8 Å². The third-order valence-corrected chi connectivity index (χ3v) is 5.28. The number of rotatable bonds is 3. The number of hydrogen-bond donors (Lipinski definition) is 3. The second-order valence-corrected chi connectivity index (χ2v) is 7.25. The molecular formula is C22H20N4O2. The van der Waals surface area contributed by atoms with E-state index in [1.807, 2.05) is 13.0 Å². The van der Waals surface area contributed by atoms with Crippen LogP contribution in [0.5, 0.6) is 5.75 Å². The number of aromatic hydroxyl groups is 1. The molecule has 1 aliphatic heterocycles. The first-order valence-electron chi connectivity index (χ1n) is 8.80. The molecule has 1 heterocycles. The average Bonchev–Trinajstić information content (AvgIpc) is 2.67. The predicted molar refractivity (Wildman–Crippen MR) is 105 cm³/mol. The van der Waals surface area contributed by atoms with Crippen molar-refractivity contribution in [2.24, 2.45) is 17.1 Å².